The van der Waals surface area contributed by atoms with Gasteiger partial charge in [0.05, 0.1) is 0 Å². The SMILES string of the molecule is CC(CNC(=O)CC1CC2CCC(C1)N2)N(C)C. The average molecular weight is 253 g/mol. The Labute approximate surface area is 110 Å². The number of hydrogen-bond acceptors (Lipinski definition) is 3. The Morgan fingerprint density at radius 3 is 2.50 bits per heavy atom. The largest absolute Gasteiger partial charge is 0.355 e. The number of nitrogens with zero attached hydrogens (tertiary/aromatic N) is 1. The summed E-state index contributed by atoms with van der Waals surface area (Å²) in [5.41, 5.74) is 0. The van der Waals surface area contributed by atoms with Gasteiger partial charge in [0.25, 0.3) is 0 Å². The maximum Gasteiger partial charge on any atom is 0.220 e. The number of carbonyl (C=O) groups excluding carboxylic acids is 1. The Balaban J connectivity index is 1.68. The van der Waals surface area contributed by atoms with Crippen LogP contribution in [-0.4, -0.2) is 49.6 Å². The maximum atomic E-state index is 11.9. The van der Waals surface area contributed by atoms with E-state index >= 15 is 0 Å². The summed E-state index contributed by atoms with van der Waals surface area (Å²) in [6.07, 6.45) is 5.70. The average Bonchev–Trinajstić information content (AvgIpc) is 2.65. The lowest BCUT2D eigenvalue weighted by Gasteiger charge is -2.29. The molecule has 4 nitrogen and oxygen atoms in total. The molecule has 3 unspecified atom stereocenters. The second kappa shape index (κ2) is 6.02. The van der Waals surface area contributed by atoms with Crippen molar-refractivity contribution in [1.29, 1.82) is 0 Å². The van der Waals surface area contributed by atoms with Gasteiger partial charge < -0.3 is 15.5 Å². The van der Waals surface area contributed by atoms with Gasteiger partial charge in [0.2, 0.25) is 5.91 Å². The first kappa shape index (κ1) is 13.8. The molecule has 0 radical (unpaired) electrons. The highest BCUT2D eigenvalue weighted by molar-refractivity contribution is 5.76. The molecule has 0 saturated carbocycles. The third-order valence-electron chi connectivity index (χ3n) is 4.52. The molecule has 2 aliphatic rings. The van der Waals surface area contributed by atoms with Crippen molar-refractivity contribution in [2.24, 2.45) is 5.92 Å². The van der Waals surface area contributed by atoms with Crippen LogP contribution in [0.4, 0.5) is 0 Å². The third-order valence-corrected chi connectivity index (χ3v) is 4.52. The van der Waals surface area contributed by atoms with Crippen LogP contribution in [-0.2, 0) is 4.79 Å². The predicted molar refractivity (Wildman–Crippen MR) is 73.4 cm³/mol. The lowest BCUT2D eigenvalue weighted by molar-refractivity contribution is -0.122. The molecule has 2 fully saturated rings. The Bertz CT molecular complexity index is 281. The van der Waals surface area contributed by atoms with E-state index in [4.69, 9.17) is 0 Å². The molecule has 0 spiro atoms. The molecular formula is C14H27N3O. The van der Waals surface area contributed by atoms with Crippen molar-refractivity contribution in [3.05, 3.63) is 0 Å². The van der Waals surface area contributed by atoms with E-state index in [2.05, 4.69) is 22.5 Å². The van der Waals surface area contributed by atoms with Gasteiger partial charge in [-0.05, 0) is 52.6 Å². The van der Waals surface area contributed by atoms with Crippen LogP contribution < -0.4 is 10.6 Å². The van der Waals surface area contributed by atoms with Crippen molar-refractivity contribution in [3.8, 4) is 0 Å². The van der Waals surface area contributed by atoms with Crippen molar-refractivity contribution < 1.29 is 4.79 Å². The summed E-state index contributed by atoms with van der Waals surface area (Å²) >= 11 is 0. The number of likely N-dealkylation sites (N-methyl/N-ethyl adjacent to an activating group) is 1. The number of piperidine rings is 1. The minimum Gasteiger partial charge on any atom is -0.355 e. The molecule has 0 aromatic rings. The highest BCUT2D eigenvalue weighted by atomic mass is 16.1. The summed E-state index contributed by atoms with van der Waals surface area (Å²) in [5.74, 6) is 0.827. The van der Waals surface area contributed by atoms with Crippen LogP contribution >= 0.6 is 0 Å². The zero-order valence-electron chi connectivity index (χ0n) is 11.9. The Morgan fingerprint density at radius 2 is 1.94 bits per heavy atom. The second-order valence-corrected chi connectivity index (χ2v) is 6.30. The minimum atomic E-state index is 0.231. The molecule has 2 bridgehead atoms. The van der Waals surface area contributed by atoms with Crippen molar-refractivity contribution >= 4 is 5.91 Å². The first-order chi connectivity index (χ1) is 8.54. The molecule has 0 aromatic carbocycles. The Hall–Kier alpha value is -0.610. The molecule has 2 rings (SSSR count). The van der Waals surface area contributed by atoms with Gasteiger partial charge in [0.1, 0.15) is 0 Å². The molecule has 2 heterocycles. The van der Waals surface area contributed by atoms with Crippen LogP contribution in [0.1, 0.15) is 39.0 Å². The van der Waals surface area contributed by atoms with E-state index < -0.39 is 0 Å². The second-order valence-electron chi connectivity index (χ2n) is 6.30. The number of carbonyl (C=O) groups is 1. The van der Waals surface area contributed by atoms with Gasteiger partial charge in [-0.2, -0.15) is 0 Å². The predicted octanol–water partition coefficient (Wildman–Crippen LogP) is 0.973. The fourth-order valence-corrected chi connectivity index (χ4v) is 3.12. The molecule has 2 aliphatic heterocycles. The van der Waals surface area contributed by atoms with Gasteiger partial charge in [-0.25, -0.2) is 0 Å². The first-order valence-electron chi connectivity index (χ1n) is 7.23. The highest BCUT2D eigenvalue weighted by Gasteiger charge is 2.34. The standard InChI is InChI=1S/C14H27N3O/c1-10(17(2)3)9-15-14(18)8-11-6-12-4-5-13(7-11)16-12/h10-13,16H,4-9H2,1-3H3,(H,15,18). The summed E-state index contributed by atoms with van der Waals surface area (Å²) in [6.45, 7) is 2.88. The Kier molecular flexibility index (Phi) is 4.62. The number of rotatable bonds is 5. The minimum absolute atomic E-state index is 0.231. The lowest BCUT2D eigenvalue weighted by Crippen LogP contribution is -2.41. The molecule has 18 heavy (non-hydrogen) atoms. The number of nitrogens with one attached hydrogen (secondary N) is 2. The van der Waals surface area contributed by atoms with Crippen LogP contribution in [0.25, 0.3) is 0 Å². The molecule has 0 aliphatic carbocycles. The molecule has 2 N–H and O–H groups in total. The summed E-state index contributed by atoms with van der Waals surface area (Å²) in [7, 11) is 4.09. The van der Waals surface area contributed by atoms with Crippen LogP contribution in [0.15, 0.2) is 0 Å². The van der Waals surface area contributed by atoms with Crippen molar-refractivity contribution in [1.82, 2.24) is 15.5 Å². The lowest BCUT2D eigenvalue weighted by atomic mass is 9.89. The van der Waals surface area contributed by atoms with Crippen LogP contribution in [0.5, 0.6) is 0 Å². The van der Waals surface area contributed by atoms with Gasteiger partial charge in [0.15, 0.2) is 0 Å². The van der Waals surface area contributed by atoms with E-state index in [1.54, 1.807) is 0 Å². The van der Waals surface area contributed by atoms with E-state index in [9.17, 15) is 4.79 Å². The smallest absolute Gasteiger partial charge is 0.220 e. The van der Waals surface area contributed by atoms with Gasteiger partial charge in [-0.1, -0.05) is 0 Å². The van der Waals surface area contributed by atoms with E-state index in [1.807, 2.05) is 14.1 Å². The molecule has 4 heteroatoms. The zero-order chi connectivity index (χ0) is 13.1. The van der Waals surface area contributed by atoms with Crippen molar-refractivity contribution in [2.75, 3.05) is 20.6 Å². The van der Waals surface area contributed by atoms with Crippen LogP contribution in [0.2, 0.25) is 0 Å². The van der Waals surface area contributed by atoms with E-state index in [-0.39, 0.29) is 5.91 Å². The topological polar surface area (TPSA) is 44.4 Å². The number of amides is 1. The van der Waals surface area contributed by atoms with Crippen molar-refractivity contribution in [2.45, 2.75) is 57.2 Å². The van der Waals surface area contributed by atoms with Crippen molar-refractivity contribution in [3.63, 3.8) is 0 Å². The summed E-state index contributed by atoms with van der Waals surface area (Å²) in [4.78, 5) is 14.1. The highest BCUT2D eigenvalue weighted by Crippen LogP contribution is 2.32. The number of fused-ring (bicyclic) bond motifs is 2. The Morgan fingerprint density at radius 1 is 1.33 bits per heavy atom. The molecular weight excluding hydrogens is 226 g/mol. The summed E-state index contributed by atoms with van der Waals surface area (Å²) in [5, 5.41) is 6.68. The quantitative estimate of drug-likeness (QED) is 0.767. The normalized spacial score (nSPS) is 32.6. The fourth-order valence-electron chi connectivity index (χ4n) is 3.12. The zero-order valence-corrected chi connectivity index (χ0v) is 11.9. The van der Waals surface area contributed by atoms with Gasteiger partial charge in [-0.3, -0.25) is 4.79 Å². The molecule has 0 aromatic heterocycles. The first-order valence-corrected chi connectivity index (χ1v) is 7.23. The van der Waals surface area contributed by atoms with Gasteiger partial charge >= 0.3 is 0 Å². The number of hydrogen-bond donors (Lipinski definition) is 2. The van der Waals surface area contributed by atoms with Gasteiger partial charge in [0, 0.05) is 31.1 Å². The monoisotopic (exact) mass is 253 g/mol. The maximum absolute atomic E-state index is 11.9. The molecule has 1 amide bonds. The van der Waals surface area contributed by atoms with E-state index in [0.29, 0.717) is 24.0 Å². The molecule has 3 atom stereocenters. The third kappa shape index (κ3) is 3.69. The van der Waals surface area contributed by atoms with E-state index in [0.717, 1.165) is 13.0 Å². The fraction of sp³-hybridized carbons (Fsp3) is 0.929. The van der Waals surface area contributed by atoms with E-state index in [1.165, 1.54) is 25.7 Å². The molecule has 104 valence electrons. The van der Waals surface area contributed by atoms with Crippen LogP contribution in [0.3, 0.4) is 0 Å². The summed E-state index contributed by atoms with van der Waals surface area (Å²) in [6, 6.07) is 1.77. The van der Waals surface area contributed by atoms with Crippen LogP contribution in [0, 0.1) is 5.92 Å². The molecule has 2 saturated heterocycles. The van der Waals surface area contributed by atoms with Gasteiger partial charge in [-0.15, -0.1) is 0 Å². The summed E-state index contributed by atoms with van der Waals surface area (Å²) < 4.78 is 0.